The molecule has 0 unspecified atom stereocenters. The van der Waals surface area contributed by atoms with Crippen LogP contribution < -0.4 is 0 Å². The van der Waals surface area contributed by atoms with Gasteiger partial charge in [0, 0.05) is 6.42 Å². The van der Waals surface area contributed by atoms with E-state index in [4.69, 9.17) is 0 Å². The van der Waals surface area contributed by atoms with Gasteiger partial charge < -0.3 is 4.74 Å². The molecule has 1 fully saturated rings. The smallest absolute Gasteiger partial charge is 0.385 e. The van der Waals surface area contributed by atoms with Gasteiger partial charge in [-0.1, -0.05) is 51.9 Å². The predicted molar refractivity (Wildman–Crippen MR) is 116 cm³/mol. The zero-order valence-electron chi connectivity index (χ0n) is 23.2. The van der Waals surface area contributed by atoms with Gasteiger partial charge in [0.2, 0.25) is 0 Å². The van der Waals surface area contributed by atoms with E-state index in [2.05, 4.69) is 4.74 Å². The highest BCUT2D eigenvalue weighted by atomic mass is 19.4. The van der Waals surface area contributed by atoms with E-state index in [1.165, 1.54) is 0 Å². The summed E-state index contributed by atoms with van der Waals surface area (Å²) in [6.45, 7) is -1.36. The molecule has 46 heavy (non-hydrogen) atoms. The van der Waals surface area contributed by atoms with E-state index in [9.17, 15) is 92.6 Å². The van der Waals surface area contributed by atoms with Gasteiger partial charge in [-0.2, -0.15) is 79.0 Å². The minimum absolute atomic E-state index is 0.125. The van der Waals surface area contributed by atoms with Gasteiger partial charge in [0.25, 0.3) is 0 Å². The highest BCUT2D eigenvalue weighted by Gasteiger charge is 2.96. The lowest BCUT2D eigenvalue weighted by Gasteiger charge is -2.44. The molecule has 0 aromatic rings. The maximum atomic E-state index is 14.0. The number of ether oxygens (including phenoxy) is 1. The monoisotopic (exact) mass is 726 g/mol. The molecule has 0 aliphatic heterocycles. The first-order valence-electron chi connectivity index (χ1n) is 13.2. The molecular weight excluding hydrogens is 700 g/mol. The number of hydrogen-bond acceptors (Lipinski definition) is 2. The van der Waals surface area contributed by atoms with E-state index in [0.29, 0.717) is 31.6 Å². The maximum Gasteiger partial charge on any atom is 0.385 e. The second kappa shape index (κ2) is 13.5. The summed E-state index contributed by atoms with van der Waals surface area (Å²) in [5, 5.41) is 0. The van der Waals surface area contributed by atoms with E-state index in [0.717, 1.165) is 19.3 Å². The van der Waals surface area contributed by atoms with Crippen molar-refractivity contribution in [2.45, 2.75) is 124 Å². The van der Waals surface area contributed by atoms with Crippen molar-refractivity contribution in [1.82, 2.24) is 0 Å². The number of hydrogen-bond donors (Lipinski definition) is 0. The van der Waals surface area contributed by atoms with Gasteiger partial charge in [0.15, 0.2) is 6.61 Å². The Kier molecular flexibility index (Phi) is 12.4. The van der Waals surface area contributed by atoms with Crippen molar-refractivity contribution in [3.63, 3.8) is 0 Å². The summed E-state index contributed by atoms with van der Waals surface area (Å²) in [6.07, 6.45) is -1.84. The highest BCUT2D eigenvalue weighted by Crippen LogP contribution is 2.65. The van der Waals surface area contributed by atoms with Crippen molar-refractivity contribution in [3.8, 4) is 0 Å². The molecule has 1 aliphatic rings. The van der Waals surface area contributed by atoms with Gasteiger partial charge in [-0.25, -0.2) is 8.78 Å². The zero-order chi connectivity index (χ0) is 36.6. The third kappa shape index (κ3) is 6.95. The molecule has 1 saturated carbocycles. The van der Waals surface area contributed by atoms with Crippen molar-refractivity contribution in [1.29, 1.82) is 0 Å². The lowest BCUT2D eigenvalue weighted by Crippen LogP contribution is -2.76. The van der Waals surface area contributed by atoms with Gasteiger partial charge in [-0.05, 0) is 18.3 Å². The summed E-state index contributed by atoms with van der Waals surface area (Å²) in [4.78, 5) is 11.7. The number of unbranched alkanes of at least 4 members (excludes halogenated alkanes) is 1. The number of carbonyl (C=O) groups excluding carboxylic acids is 1. The molecule has 1 rings (SSSR count). The molecule has 274 valence electrons. The second-order valence-electron chi connectivity index (χ2n) is 10.9. The zero-order valence-corrected chi connectivity index (χ0v) is 23.2. The first kappa shape index (κ1) is 42.1. The van der Waals surface area contributed by atoms with Crippen LogP contribution in [-0.4, -0.2) is 72.3 Å². The lowest BCUT2D eigenvalue weighted by atomic mass is 9.78. The van der Waals surface area contributed by atoms with Crippen LogP contribution >= 0.6 is 0 Å². The van der Waals surface area contributed by atoms with Crippen LogP contribution in [0.4, 0.5) is 87.8 Å². The quantitative estimate of drug-likeness (QED) is 0.110. The van der Waals surface area contributed by atoms with Crippen LogP contribution in [0, 0.1) is 11.8 Å². The predicted octanol–water partition coefficient (Wildman–Crippen LogP) is 10.3. The van der Waals surface area contributed by atoms with Crippen LogP contribution in [0.5, 0.6) is 0 Å². The van der Waals surface area contributed by atoms with Gasteiger partial charge in [0.1, 0.15) is 0 Å². The third-order valence-corrected chi connectivity index (χ3v) is 7.62. The van der Waals surface area contributed by atoms with Crippen LogP contribution in [-0.2, 0) is 9.53 Å². The molecule has 0 amide bonds. The number of rotatable bonds is 17. The fourth-order valence-electron chi connectivity index (χ4n) is 4.52. The van der Waals surface area contributed by atoms with Crippen molar-refractivity contribution >= 4 is 5.97 Å². The third-order valence-electron chi connectivity index (χ3n) is 7.62. The maximum absolute atomic E-state index is 14.0. The summed E-state index contributed by atoms with van der Waals surface area (Å²) in [5.41, 5.74) is 0. The first-order chi connectivity index (χ1) is 20.3. The van der Waals surface area contributed by atoms with Crippen molar-refractivity contribution in [2.24, 2.45) is 11.8 Å². The van der Waals surface area contributed by atoms with E-state index in [1.807, 2.05) is 6.92 Å². The Morgan fingerprint density at radius 2 is 0.935 bits per heavy atom. The van der Waals surface area contributed by atoms with E-state index < -0.39 is 78.7 Å². The van der Waals surface area contributed by atoms with Gasteiger partial charge >= 0.3 is 65.7 Å². The molecule has 0 heterocycles. The molecule has 0 radical (unpaired) electrons. The fourth-order valence-corrected chi connectivity index (χ4v) is 4.52. The molecule has 0 bridgehead atoms. The summed E-state index contributed by atoms with van der Waals surface area (Å²) < 4.78 is 273. The normalized spacial score (nSPS) is 20.3. The molecule has 2 nitrogen and oxygen atoms in total. The Bertz CT molecular complexity index is 1020. The Morgan fingerprint density at radius 3 is 1.30 bits per heavy atom. The van der Waals surface area contributed by atoms with Gasteiger partial charge in [0.05, 0.1) is 0 Å². The molecule has 0 aromatic carbocycles. The Labute approximate surface area is 247 Å². The molecule has 0 saturated heterocycles. The summed E-state index contributed by atoms with van der Waals surface area (Å²) in [7, 11) is 0. The SMILES string of the molecule is CCCCC1CCC(CCC(=O)OCC(F)(F)C(F)(F)C(F)(F)C(F)(F)C(F)(F)C(F)(F)C(F)(F)C(F)(F)C(F)(F)C(F)F)CC1. The van der Waals surface area contributed by atoms with Crippen molar-refractivity contribution in [3.05, 3.63) is 0 Å². The van der Waals surface area contributed by atoms with Crippen LogP contribution in [0.25, 0.3) is 0 Å². The fraction of sp³-hybridized carbons (Fsp3) is 0.958. The minimum Gasteiger partial charge on any atom is -0.459 e. The number of alkyl halides is 20. The Hall–Kier alpha value is -1.93. The Balaban J connectivity index is 3.17. The second-order valence-corrected chi connectivity index (χ2v) is 10.9. The lowest BCUT2D eigenvalue weighted by molar-refractivity contribution is -0.465. The molecular formula is C24H26F20O2. The van der Waals surface area contributed by atoms with Gasteiger partial charge in [-0.15, -0.1) is 0 Å². The Morgan fingerprint density at radius 1 is 0.587 bits per heavy atom. The first-order valence-corrected chi connectivity index (χ1v) is 13.2. The van der Waals surface area contributed by atoms with Crippen LogP contribution in [0.3, 0.4) is 0 Å². The average Bonchev–Trinajstić information content (AvgIpc) is 2.93. The standard InChI is InChI=1S/C24H26F20O2/c1-2-3-4-12-5-7-13(8-6-12)9-10-14(45)46-11-16(27,28)18(31,32)20(35,36)22(39,40)24(43,44)23(41,42)21(37,38)19(33,34)17(29,30)15(25)26/h12-13,15H,2-11H2,1H3. The molecule has 0 atom stereocenters. The largest absolute Gasteiger partial charge is 0.459 e. The van der Waals surface area contributed by atoms with E-state index >= 15 is 0 Å². The molecule has 0 spiro atoms. The molecule has 22 heteroatoms. The summed E-state index contributed by atoms with van der Waals surface area (Å²) >= 11 is 0. The number of halogens is 20. The van der Waals surface area contributed by atoms with Crippen LogP contribution in [0.15, 0.2) is 0 Å². The summed E-state index contributed by atoms with van der Waals surface area (Å²) in [6, 6.07) is 0. The topological polar surface area (TPSA) is 26.3 Å². The van der Waals surface area contributed by atoms with Crippen molar-refractivity contribution < 1.29 is 97.3 Å². The van der Waals surface area contributed by atoms with Gasteiger partial charge in [-0.3, -0.25) is 4.79 Å². The van der Waals surface area contributed by atoms with Crippen LogP contribution in [0.1, 0.15) is 64.7 Å². The van der Waals surface area contributed by atoms with Crippen molar-refractivity contribution in [2.75, 3.05) is 6.61 Å². The number of esters is 1. The van der Waals surface area contributed by atoms with E-state index in [1.54, 1.807) is 0 Å². The minimum atomic E-state index is -9.07. The van der Waals surface area contributed by atoms with Crippen LogP contribution in [0.2, 0.25) is 0 Å². The average molecular weight is 726 g/mol. The molecule has 1 aliphatic carbocycles. The van der Waals surface area contributed by atoms with E-state index in [-0.39, 0.29) is 12.3 Å². The summed E-state index contributed by atoms with van der Waals surface area (Å²) in [5.74, 6) is -77.4. The molecule has 0 N–H and O–H groups in total. The number of carbonyl (C=O) groups is 1. The highest BCUT2D eigenvalue weighted by molar-refractivity contribution is 5.69. The molecule has 0 aromatic heterocycles.